The standard InChI is InChI=1S/C38H56N6O8/c1-23(2)28(20-24(3)33(48)41-26(36(51)52)21-29(45)40-18-19-44-30(46)16-17-31(44)47)43(10)35(50)27(22-37(4,5)6)42-34(49)32(39-9)38(7,8)25-14-12-11-13-15-25/h11-17,20,23,26-28,32,39H,18-19,21-22H2,1-10H3,(H,40,45)(H,41,48)(H,42,49)(H,51,52)/b24-20+/t26?,27-,28+,32+/m0/s1. The third-order valence-electron chi connectivity index (χ3n) is 9.03. The average Bonchev–Trinajstić information content (AvgIpc) is 3.37. The fourth-order valence-corrected chi connectivity index (χ4v) is 6.09. The molecule has 0 spiro atoms. The van der Waals surface area contributed by atoms with E-state index in [9.17, 15) is 38.7 Å². The van der Waals surface area contributed by atoms with Crippen molar-refractivity contribution in [2.24, 2.45) is 11.3 Å². The van der Waals surface area contributed by atoms with Gasteiger partial charge in [0.25, 0.3) is 11.8 Å². The minimum Gasteiger partial charge on any atom is -0.480 e. The van der Waals surface area contributed by atoms with Gasteiger partial charge in [-0.25, -0.2) is 4.79 Å². The number of benzene rings is 1. The van der Waals surface area contributed by atoms with E-state index in [-0.39, 0.29) is 41.8 Å². The molecule has 1 aromatic carbocycles. The first-order valence-corrected chi connectivity index (χ1v) is 17.4. The molecule has 1 unspecified atom stereocenters. The third kappa shape index (κ3) is 12.1. The van der Waals surface area contributed by atoms with Gasteiger partial charge in [0.1, 0.15) is 12.1 Å². The maximum atomic E-state index is 14.2. The number of imide groups is 1. The molecule has 286 valence electrons. The van der Waals surface area contributed by atoms with E-state index >= 15 is 0 Å². The largest absolute Gasteiger partial charge is 0.480 e. The lowest BCUT2D eigenvalue weighted by atomic mass is 9.77. The van der Waals surface area contributed by atoms with Crippen LogP contribution < -0.4 is 21.3 Å². The molecule has 14 nitrogen and oxygen atoms in total. The molecule has 6 amide bonds. The number of carboxylic acids is 1. The lowest BCUT2D eigenvalue weighted by molar-refractivity contribution is -0.143. The number of carbonyl (C=O) groups is 7. The van der Waals surface area contributed by atoms with Gasteiger partial charge in [-0.05, 0) is 37.3 Å². The van der Waals surface area contributed by atoms with Crippen LogP contribution in [-0.2, 0) is 39.0 Å². The van der Waals surface area contributed by atoms with Crippen LogP contribution in [-0.4, -0.2) is 108 Å². The Hall–Kier alpha value is -4.85. The number of likely N-dealkylation sites (N-methyl/N-ethyl adjacent to an activating group) is 2. The van der Waals surface area contributed by atoms with Crippen molar-refractivity contribution in [1.82, 2.24) is 31.1 Å². The van der Waals surface area contributed by atoms with Crippen molar-refractivity contribution in [3.05, 3.63) is 59.7 Å². The highest BCUT2D eigenvalue weighted by Crippen LogP contribution is 2.28. The lowest BCUT2D eigenvalue weighted by Gasteiger charge is -2.37. The number of hydrogen-bond donors (Lipinski definition) is 5. The van der Waals surface area contributed by atoms with Crippen LogP contribution in [0.5, 0.6) is 0 Å². The molecule has 5 N–H and O–H groups in total. The second-order valence-corrected chi connectivity index (χ2v) is 15.2. The first-order chi connectivity index (χ1) is 24.1. The van der Waals surface area contributed by atoms with Gasteiger partial charge >= 0.3 is 5.97 Å². The van der Waals surface area contributed by atoms with Crippen molar-refractivity contribution < 1.29 is 38.7 Å². The van der Waals surface area contributed by atoms with Crippen LogP contribution in [0.15, 0.2) is 54.1 Å². The van der Waals surface area contributed by atoms with Crippen molar-refractivity contribution in [3.8, 4) is 0 Å². The Bertz CT molecular complexity index is 1530. The summed E-state index contributed by atoms with van der Waals surface area (Å²) in [6.45, 7) is 14.9. The predicted molar refractivity (Wildman–Crippen MR) is 197 cm³/mol. The van der Waals surface area contributed by atoms with Crippen molar-refractivity contribution in [2.45, 2.75) is 97.8 Å². The van der Waals surface area contributed by atoms with Crippen molar-refractivity contribution in [2.75, 3.05) is 27.2 Å². The van der Waals surface area contributed by atoms with Crippen LogP contribution in [0.2, 0.25) is 0 Å². The quantitative estimate of drug-likeness (QED) is 0.111. The molecule has 52 heavy (non-hydrogen) atoms. The number of hydrogen-bond acceptors (Lipinski definition) is 8. The molecule has 1 aliphatic rings. The van der Waals surface area contributed by atoms with E-state index in [1.807, 2.05) is 78.8 Å². The Balaban J connectivity index is 2.20. The summed E-state index contributed by atoms with van der Waals surface area (Å²) in [5, 5.41) is 20.7. The summed E-state index contributed by atoms with van der Waals surface area (Å²) in [5.41, 5.74) is 0.126. The topological polar surface area (TPSA) is 194 Å². The molecule has 14 heteroatoms. The maximum absolute atomic E-state index is 14.2. The first kappa shape index (κ1) is 43.3. The highest BCUT2D eigenvalue weighted by Gasteiger charge is 2.39. The average molecular weight is 725 g/mol. The zero-order valence-electron chi connectivity index (χ0n) is 32.0. The smallest absolute Gasteiger partial charge is 0.326 e. The molecule has 0 aliphatic carbocycles. The maximum Gasteiger partial charge on any atom is 0.326 e. The van der Waals surface area contributed by atoms with Gasteiger partial charge in [0.2, 0.25) is 23.6 Å². The molecule has 2 rings (SSSR count). The van der Waals surface area contributed by atoms with Crippen LogP contribution in [0.25, 0.3) is 0 Å². The second kappa shape index (κ2) is 18.6. The Kier molecular flexibility index (Phi) is 15.5. The number of amides is 6. The fraction of sp³-hybridized carbons (Fsp3) is 0.553. The van der Waals surface area contributed by atoms with Crippen molar-refractivity contribution in [1.29, 1.82) is 0 Å². The van der Waals surface area contributed by atoms with Crippen LogP contribution in [0.1, 0.15) is 73.8 Å². The second-order valence-electron chi connectivity index (χ2n) is 15.2. The normalized spacial score (nSPS) is 15.9. The van der Waals surface area contributed by atoms with Gasteiger partial charge in [0.15, 0.2) is 0 Å². The lowest BCUT2D eigenvalue weighted by Crippen LogP contribution is -2.59. The predicted octanol–water partition coefficient (Wildman–Crippen LogP) is 1.90. The Morgan fingerprint density at radius 1 is 0.923 bits per heavy atom. The molecular formula is C38H56N6O8. The molecule has 0 saturated carbocycles. The van der Waals surface area contributed by atoms with E-state index in [1.165, 1.54) is 11.8 Å². The molecule has 0 fully saturated rings. The third-order valence-corrected chi connectivity index (χ3v) is 9.03. The minimum absolute atomic E-state index is 0.0901. The zero-order chi connectivity index (χ0) is 39.6. The number of aliphatic carboxylic acids is 1. The van der Waals surface area contributed by atoms with Crippen LogP contribution in [0, 0.1) is 11.3 Å². The molecule has 1 heterocycles. The molecule has 1 aromatic rings. The molecule has 0 aromatic heterocycles. The van der Waals surface area contributed by atoms with E-state index in [0.717, 1.165) is 22.6 Å². The fourth-order valence-electron chi connectivity index (χ4n) is 6.09. The molecule has 0 saturated heterocycles. The van der Waals surface area contributed by atoms with E-state index in [4.69, 9.17) is 0 Å². The molecule has 1 aliphatic heterocycles. The number of nitrogens with one attached hydrogen (secondary N) is 4. The highest BCUT2D eigenvalue weighted by molar-refractivity contribution is 6.12. The summed E-state index contributed by atoms with van der Waals surface area (Å²) < 4.78 is 0. The summed E-state index contributed by atoms with van der Waals surface area (Å²) in [6, 6.07) is 5.89. The van der Waals surface area contributed by atoms with Crippen LogP contribution >= 0.6 is 0 Å². The number of carbonyl (C=O) groups excluding carboxylic acids is 6. The number of carboxylic acid groups (broad SMARTS) is 1. The van der Waals surface area contributed by atoms with E-state index in [2.05, 4.69) is 21.3 Å². The monoisotopic (exact) mass is 724 g/mol. The van der Waals surface area contributed by atoms with Gasteiger partial charge < -0.3 is 31.3 Å². The Labute approximate surface area is 306 Å². The highest BCUT2D eigenvalue weighted by atomic mass is 16.4. The van der Waals surface area contributed by atoms with Gasteiger partial charge in [0.05, 0.1) is 18.5 Å². The summed E-state index contributed by atoms with van der Waals surface area (Å²) in [5.74, 6) is -4.78. The number of rotatable bonds is 18. The SMILES string of the molecule is CN[C@H](C(=O)N[C@@H](CC(C)(C)C)C(=O)N(C)[C@H](/C=C(\C)C(=O)NC(CC(=O)NCCN1C(=O)C=CC1=O)C(=O)O)C(C)C)C(C)(C)c1ccccc1. The molecule has 4 atom stereocenters. The Morgan fingerprint density at radius 2 is 1.50 bits per heavy atom. The van der Waals surface area contributed by atoms with Crippen LogP contribution in [0.3, 0.4) is 0 Å². The van der Waals surface area contributed by atoms with Crippen molar-refractivity contribution in [3.63, 3.8) is 0 Å². The summed E-state index contributed by atoms with van der Waals surface area (Å²) in [6.07, 6.45) is 3.54. The number of nitrogens with zero attached hydrogens (tertiary/aromatic N) is 2. The van der Waals surface area contributed by atoms with Gasteiger partial charge in [-0.1, -0.05) is 84.9 Å². The van der Waals surface area contributed by atoms with Gasteiger partial charge in [-0.3, -0.25) is 33.7 Å². The van der Waals surface area contributed by atoms with E-state index in [1.54, 1.807) is 20.2 Å². The van der Waals surface area contributed by atoms with Crippen molar-refractivity contribution >= 4 is 41.4 Å². The Morgan fingerprint density at radius 3 is 2.00 bits per heavy atom. The van der Waals surface area contributed by atoms with E-state index < -0.39 is 65.6 Å². The van der Waals surface area contributed by atoms with Gasteiger partial charge in [0, 0.05) is 43.3 Å². The molecule has 0 bridgehead atoms. The van der Waals surface area contributed by atoms with Crippen LogP contribution in [0.4, 0.5) is 0 Å². The molecular weight excluding hydrogens is 668 g/mol. The van der Waals surface area contributed by atoms with Gasteiger partial charge in [-0.2, -0.15) is 0 Å². The zero-order valence-corrected chi connectivity index (χ0v) is 32.0. The summed E-state index contributed by atoms with van der Waals surface area (Å²) >= 11 is 0. The summed E-state index contributed by atoms with van der Waals surface area (Å²) in [4.78, 5) is 91.5. The summed E-state index contributed by atoms with van der Waals surface area (Å²) in [7, 11) is 3.31. The van der Waals surface area contributed by atoms with E-state index in [0.29, 0.717) is 6.42 Å². The molecule has 0 radical (unpaired) electrons. The minimum atomic E-state index is -1.57. The van der Waals surface area contributed by atoms with Gasteiger partial charge in [-0.15, -0.1) is 0 Å². The first-order valence-electron chi connectivity index (χ1n) is 17.4.